The Morgan fingerprint density at radius 2 is 2.03 bits per heavy atom. The molecule has 1 atom stereocenters. The molecular weight excluding hydrogens is 376 g/mol. The molecule has 2 rings (SSSR count). The molecule has 0 saturated carbocycles. The third-order valence-corrected chi connectivity index (χ3v) is 4.94. The monoisotopic (exact) mass is 403 g/mol. The van der Waals surface area contributed by atoms with Gasteiger partial charge in [0.2, 0.25) is 0 Å². The van der Waals surface area contributed by atoms with Gasteiger partial charge in [0.05, 0.1) is 16.6 Å². The van der Waals surface area contributed by atoms with E-state index in [1.807, 2.05) is 13.8 Å². The second-order valence-electron chi connectivity index (χ2n) is 7.19. The van der Waals surface area contributed by atoms with Gasteiger partial charge in [0.25, 0.3) is 5.91 Å². The topological polar surface area (TPSA) is 94.3 Å². The van der Waals surface area contributed by atoms with E-state index in [2.05, 4.69) is 0 Å². The first-order valence-electron chi connectivity index (χ1n) is 9.29. The van der Waals surface area contributed by atoms with Gasteiger partial charge < -0.3 is 16.6 Å². The number of benzene rings is 1. The van der Waals surface area contributed by atoms with Crippen molar-refractivity contribution in [3.8, 4) is 11.4 Å². The molecule has 0 spiro atoms. The van der Waals surface area contributed by atoms with Crippen LogP contribution in [0.1, 0.15) is 43.1 Å². The fourth-order valence-electron chi connectivity index (χ4n) is 3.04. The summed E-state index contributed by atoms with van der Waals surface area (Å²) in [5, 5.41) is 11.0. The van der Waals surface area contributed by atoms with Gasteiger partial charge in [-0.25, -0.2) is 8.78 Å². The van der Waals surface area contributed by atoms with Gasteiger partial charge in [0, 0.05) is 11.3 Å². The molecule has 0 saturated heterocycles. The minimum absolute atomic E-state index is 0.0202. The minimum Gasteiger partial charge on any atom is -0.508 e. The highest BCUT2D eigenvalue weighted by Gasteiger charge is 2.25. The summed E-state index contributed by atoms with van der Waals surface area (Å²) >= 11 is 0. The number of carbonyl (C=O) groups excluding carboxylic acids is 1. The number of primary amides is 1. The van der Waals surface area contributed by atoms with Crippen molar-refractivity contribution >= 4 is 23.9 Å². The number of nitrogens with two attached hydrogens (primary N) is 2. The zero-order valence-electron chi connectivity index (χ0n) is 17.1. The van der Waals surface area contributed by atoms with E-state index >= 15 is 0 Å². The highest BCUT2D eigenvalue weighted by atomic mass is 19.2. The Morgan fingerprint density at radius 1 is 1.38 bits per heavy atom. The Kier molecular flexibility index (Phi) is 6.51. The maximum Gasteiger partial charge on any atom is 0.253 e. The standard InChI is InChI=1S/C22H27F2N3O2/c1-5-6-16-17(10-8-14(3)22(4,24)12-23)27(20(25)19(16)21(26)29)18-11-15(28)9-7-13(18)2/h6-11,28H,5,12,25H2,1-4H3,(H2,26,29)/b14-8+,16-6-,17-10+. The normalized spacial score (nSPS) is 15.6. The van der Waals surface area contributed by atoms with Crippen LogP contribution in [-0.2, 0) is 0 Å². The summed E-state index contributed by atoms with van der Waals surface area (Å²) < 4.78 is 28.9. The van der Waals surface area contributed by atoms with Gasteiger partial charge in [-0.1, -0.05) is 25.1 Å². The predicted molar refractivity (Wildman–Crippen MR) is 113 cm³/mol. The summed E-state index contributed by atoms with van der Waals surface area (Å²) in [6.45, 7) is 5.22. The first-order chi connectivity index (χ1) is 13.5. The largest absolute Gasteiger partial charge is 0.508 e. The molecule has 5 nitrogen and oxygen atoms in total. The molecule has 1 heterocycles. The molecule has 0 radical (unpaired) electrons. The third kappa shape index (κ3) is 4.34. The number of alkyl halides is 2. The summed E-state index contributed by atoms with van der Waals surface area (Å²) in [4.78, 5) is 12.1. The molecular formula is C22H27F2N3O2. The van der Waals surface area contributed by atoms with Gasteiger partial charge >= 0.3 is 0 Å². The van der Waals surface area contributed by atoms with Crippen molar-refractivity contribution in [1.29, 1.82) is 0 Å². The summed E-state index contributed by atoms with van der Waals surface area (Å²) in [7, 11) is 0. The van der Waals surface area contributed by atoms with Gasteiger partial charge in [-0.2, -0.15) is 0 Å². The van der Waals surface area contributed by atoms with Crippen molar-refractivity contribution in [1.82, 2.24) is 4.57 Å². The summed E-state index contributed by atoms with van der Waals surface area (Å²) in [5.41, 5.74) is 11.4. The van der Waals surface area contributed by atoms with Crippen LogP contribution in [0.3, 0.4) is 0 Å². The summed E-state index contributed by atoms with van der Waals surface area (Å²) in [6.07, 6.45) is 5.43. The minimum atomic E-state index is -2.11. The van der Waals surface area contributed by atoms with E-state index in [9.17, 15) is 18.7 Å². The molecule has 2 aromatic rings. The average molecular weight is 403 g/mol. The number of nitrogens with zero attached hydrogens (tertiary/aromatic N) is 1. The second-order valence-corrected chi connectivity index (χ2v) is 7.19. The number of amides is 1. The lowest BCUT2D eigenvalue weighted by Gasteiger charge is -2.16. The van der Waals surface area contributed by atoms with Crippen LogP contribution >= 0.6 is 0 Å². The summed E-state index contributed by atoms with van der Waals surface area (Å²) in [5.74, 6) is -0.573. The maximum atomic E-state index is 14.3. The van der Waals surface area contributed by atoms with Crippen molar-refractivity contribution in [2.45, 2.75) is 39.8 Å². The van der Waals surface area contributed by atoms with Gasteiger partial charge in [0.1, 0.15) is 18.2 Å². The molecule has 0 fully saturated rings. The number of hydrogen-bond donors (Lipinski definition) is 3. The Hall–Kier alpha value is -3.09. The van der Waals surface area contributed by atoms with Crippen LogP contribution in [0.15, 0.2) is 29.8 Å². The molecule has 1 amide bonds. The molecule has 1 unspecified atom stereocenters. The Bertz CT molecular complexity index is 1080. The Labute approximate surface area is 168 Å². The van der Waals surface area contributed by atoms with Crippen molar-refractivity contribution in [3.63, 3.8) is 0 Å². The van der Waals surface area contributed by atoms with Crippen molar-refractivity contribution in [2.24, 2.45) is 5.73 Å². The predicted octanol–water partition coefficient (Wildman–Crippen LogP) is 2.79. The number of phenolic OH excluding ortho intramolecular Hbond substituents is 1. The lowest BCUT2D eigenvalue weighted by molar-refractivity contribution is 0.100. The molecule has 7 heteroatoms. The number of hydrogen-bond acceptors (Lipinski definition) is 3. The zero-order chi connectivity index (χ0) is 21.9. The van der Waals surface area contributed by atoms with E-state index in [1.165, 1.54) is 25.1 Å². The van der Waals surface area contributed by atoms with Gasteiger partial charge in [-0.15, -0.1) is 0 Å². The van der Waals surface area contributed by atoms with Crippen LogP contribution in [0.25, 0.3) is 17.8 Å². The number of allylic oxidation sites excluding steroid dienone is 2. The van der Waals surface area contributed by atoms with Gasteiger partial charge in [-0.05, 0) is 50.5 Å². The average Bonchev–Trinajstić information content (AvgIpc) is 2.93. The third-order valence-electron chi connectivity index (χ3n) is 4.94. The molecule has 5 N–H and O–H groups in total. The van der Waals surface area contributed by atoms with Crippen LogP contribution in [0.5, 0.6) is 5.75 Å². The number of aromatic nitrogens is 1. The molecule has 29 heavy (non-hydrogen) atoms. The van der Waals surface area contributed by atoms with Crippen LogP contribution in [0.4, 0.5) is 14.6 Å². The van der Waals surface area contributed by atoms with Crippen LogP contribution in [0, 0.1) is 6.92 Å². The summed E-state index contributed by atoms with van der Waals surface area (Å²) in [6, 6.07) is 4.76. The molecule has 156 valence electrons. The fourth-order valence-corrected chi connectivity index (χ4v) is 3.04. The molecule has 1 aromatic heterocycles. The molecule has 0 aliphatic carbocycles. The molecule has 0 aliphatic heterocycles. The van der Waals surface area contributed by atoms with E-state index in [4.69, 9.17) is 11.5 Å². The first-order valence-corrected chi connectivity index (χ1v) is 9.29. The van der Waals surface area contributed by atoms with Crippen LogP contribution in [0.2, 0.25) is 0 Å². The van der Waals surface area contributed by atoms with E-state index in [0.29, 0.717) is 22.7 Å². The van der Waals surface area contributed by atoms with Crippen LogP contribution in [-0.4, -0.2) is 27.9 Å². The first kappa shape index (κ1) is 22.2. The molecule has 0 aliphatic rings. The number of rotatable bonds is 6. The lowest BCUT2D eigenvalue weighted by Crippen LogP contribution is -2.32. The van der Waals surface area contributed by atoms with Gasteiger partial charge in [0.15, 0.2) is 5.67 Å². The highest BCUT2D eigenvalue weighted by Crippen LogP contribution is 2.23. The lowest BCUT2D eigenvalue weighted by atomic mass is 10.0. The Morgan fingerprint density at radius 3 is 2.59 bits per heavy atom. The van der Waals surface area contributed by atoms with Crippen molar-refractivity contribution in [3.05, 3.63) is 51.5 Å². The van der Waals surface area contributed by atoms with Crippen molar-refractivity contribution < 1.29 is 18.7 Å². The SMILES string of the molecule is CC\C=c1/c(C(N)=O)c(N)n(-c2cc(O)ccc2C)/c1=C/C=C(\C)C(C)(F)CF. The molecule has 0 bridgehead atoms. The smallest absolute Gasteiger partial charge is 0.253 e. The number of halogens is 2. The van der Waals surface area contributed by atoms with E-state index in [-0.39, 0.29) is 22.7 Å². The number of anilines is 1. The van der Waals surface area contributed by atoms with Gasteiger partial charge in [-0.3, -0.25) is 9.36 Å². The highest BCUT2D eigenvalue weighted by molar-refractivity contribution is 5.98. The molecule has 1 aromatic carbocycles. The number of carbonyl (C=O) groups is 1. The quantitative estimate of drug-likeness (QED) is 0.692. The van der Waals surface area contributed by atoms with E-state index < -0.39 is 18.3 Å². The number of aromatic hydroxyl groups is 1. The van der Waals surface area contributed by atoms with E-state index in [1.54, 1.807) is 22.8 Å². The maximum absolute atomic E-state index is 14.3. The number of nitrogen functional groups attached to an aromatic ring is 1. The second kappa shape index (κ2) is 8.51. The zero-order valence-corrected chi connectivity index (χ0v) is 17.1. The van der Waals surface area contributed by atoms with Crippen molar-refractivity contribution in [2.75, 3.05) is 12.4 Å². The van der Waals surface area contributed by atoms with Crippen LogP contribution < -0.4 is 22.0 Å². The van der Waals surface area contributed by atoms with E-state index in [0.717, 1.165) is 12.5 Å². The number of aryl methyl sites for hydroxylation is 1. The number of phenols is 1. The fraction of sp³-hybridized carbons (Fsp3) is 0.318. The Balaban J connectivity index is 3.02.